The lowest BCUT2D eigenvalue weighted by Gasteiger charge is -2.24. The minimum atomic E-state index is -0.274. The normalized spacial score (nSPS) is 18.4. The predicted octanol–water partition coefficient (Wildman–Crippen LogP) is 3.56. The molecule has 0 aromatic heterocycles. The van der Waals surface area contributed by atoms with Crippen molar-refractivity contribution < 1.29 is 9.13 Å². The van der Waals surface area contributed by atoms with E-state index in [-0.39, 0.29) is 11.4 Å². The van der Waals surface area contributed by atoms with Gasteiger partial charge < -0.3 is 10.1 Å². The van der Waals surface area contributed by atoms with Crippen LogP contribution in [0.1, 0.15) is 20.3 Å². The number of hydrogen-bond donors (Lipinski definition) is 1. The summed E-state index contributed by atoms with van der Waals surface area (Å²) in [6.07, 6.45) is 0.890. The van der Waals surface area contributed by atoms with E-state index in [9.17, 15) is 4.39 Å². The molecule has 0 fully saturated rings. The topological polar surface area (TPSA) is 21.3 Å². The molecule has 1 heterocycles. The summed E-state index contributed by atoms with van der Waals surface area (Å²) in [6, 6.07) is 3.13. The van der Waals surface area contributed by atoms with Gasteiger partial charge in [0, 0.05) is 19.0 Å². The standard InChI is InChI=1S/C11H13BrFNO/c1-11(2)3-4-14-9-6-8(13)7(12)5-10(9)15-11/h5-6,14H,3-4H2,1-2H3. The molecule has 1 aromatic rings. The maximum Gasteiger partial charge on any atom is 0.144 e. The van der Waals surface area contributed by atoms with Gasteiger partial charge in [0.05, 0.1) is 10.2 Å². The third-order valence-corrected chi connectivity index (χ3v) is 3.06. The van der Waals surface area contributed by atoms with Crippen LogP contribution in [0.25, 0.3) is 0 Å². The number of benzene rings is 1. The van der Waals surface area contributed by atoms with E-state index in [1.165, 1.54) is 6.07 Å². The molecule has 2 nitrogen and oxygen atoms in total. The van der Waals surface area contributed by atoms with Crippen molar-refractivity contribution in [3.63, 3.8) is 0 Å². The van der Waals surface area contributed by atoms with E-state index in [1.54, 1.807) is 6.07 Å². The molecule has 1 aromatic carbocycles. The smallest absolute Gasteiger partial charge is 0.144 e. The van der Waals surface area contributed by atoms with Crippen LogP contribution in [0, 0.1) is 5.82 Å². The maximum atomic E-state index is 13.3. The number of fused-ring (bicyclic) bond motifs is 1. The van der Waals surface area contributed by atoms with Crippen LogP contribution < -0.4 is 10.1 Å². The first-order chi connectivity index (χ1) is 6.98. The van der Waals surface area contributed by atoms with Gasteiger partial charge in [-0.1, -0.05) is 0 Å². The van der Waals surface area contributed by atoms with Gasteiger partial charge in [-0.2, -0.15) is 0 Å². The van der Waals surface area contributed by atoms with Gasteiger partial charge in [0.25, 0.3) is 0 Å². The average molecular weight is 274 g/mol. The summed E-state index contributed by atoms with van der Waals surface area (Å²) in [5.74, 6) is 0.426. The van der Waals surface area contributed by atoms with Crippen molar-refractivity contribution in [1.29, 1.82) is 0 Å². The molecule has 0 spiro atoms. The van der Waals surface area contributed by atoms with Crippen molar-refractivity contribution in [2.45, 2.75) is 25.9 Å². The van der Waals surface area contributed by atoms with Crippen LogP contribution in [0.3, 0.4) is 0 Å². The van der Waals surface area contributed by atoms with Gasteiger partial charge >= 0.3 is 0 Å². The Kier molecular flexibility index (Phi) is 2.63. The molecule has 2 rings (SSSR count). The number of rotatable bonds is 0. The summed E-state index contributed by atoms with van der Waals surface area (Å²) in [5.41, 5.74) is 0.511. The number of nitrogens with one attached hydrogen (secondary N) is 1. The van der Waals surface area contributed by atoms with Gasteiger partial charge in [-0.25, -0.2) is 4.39 Å². The Bertz CT molecular complexity index is 392. The summed E-state index contributed by atoms with van der Waals surface area (Å²) in [7, 11) is 0. The largest absolute Gasteiger partial charge is 0.486 e. The molecule has 4 heteroatoms. The first-order valence-electron chi connectivity index (χ1n) is 4.90. The Morgan fingerprint density at radius 2 is 2.20 bits per heavy atom. The van der Waals surface area contributed by atoms with Crippen molar-refractivity contribution in [3.05, 3.63) is 22.4 Å². The minimum absolute atomic E-state index is 0.213. The maximum absolute atomic E-state index is 13.3. The second-order valence-electron chi connectivity index (χ2n) is 4.30. The monoisotopic (exact) mass is 273 g/mol. The molecule has 15 heavy (non-hydrogen) atoms. The molecule has 0 amide bonds. The Hall–Kier alpha value is -0.770. The van der Waals surface area contributed by atoms with Crippen molar-refractivity contribution in [2.75, 3.05) is 11.9 Å². The number of hydrogen-bond acceptors (Lipinski definition) is 2. The van der Waals surface area contributed by atoms with E-state index in [1.807, 2.05) is 13.8 Å². The Labute approximate surface area is 96.9 Å². The van der Waals surface area contributed by atoms with Gasteiger partial charge in [-0.15, -0.1) is 0 Å². The fourth-order valence-corrected chi connectivity index (χ4v) is 1.92. The summed E-state index contributed by atoms with van der Waals surface area (Å²) >= 11 is 3.15. The molecule has 0 atom stereocenters. The highest BCUT2D eigenvalue weighted by Crippen LogP contribution is 2.35. The highest BCUT2D eigenvalue weighted by atomic mass is 79.9. The molecule has 1 aliphatic heterocycles. The van der Waals surface area contributed by atoms with Gasteiger partial charge in [0.2, 0.25) is 0 Å². The third kappa shape index (κ3) is 2.25. The van der Waals surface area contributed by atoms with E-state index in [0.29, 0.717) is 10.2 Å². The first-order valence-corrected chi connectivity index (χ1v) is 5.69. The molecule has 0 saturated heterocycles. The fourth-order valence-electron chi connectivity index (χ4n) is 1.60. The van der Waals surface area contributed by atoms with Crippen molar-refractivity contribution in [3.8, 4) is 5.75 Å². The van der Waals surface area contributed by atoms with E-state index in [4.69, 9.17) is 4.74 Å². The minimum Gasteiger partial charge on any atom is -0.486 e. The molecule has 0 radical (unpaired) electrons. The second kappa shape index (κ2) is 3.67. The fraction of sp³-hybridized carbons (Fsp3) is 0.455. The Morgan fingerprint density at radius 3 is 2.93 bits per heavy atom. The molecule has 0 aliphatic carbocycles. The first kappa shape index (κ1) is 10.7. The highest BCUT2D eigenvalue weighted by Gasteiger charge is 2.25. The summed E-state index contributed by atoms with van der Waals surface area (Å²) in [5, 5.41) is 3.16. The van der Waals surface area contributed by atoms with Crippen LogP contribution in [-0.2, 0) is 0 Å². The van der Waals surface area contributed by atoms with Gasteiger partial charge in [-0.3, -0.25) is 0 Å². The summed E-state index contributed by atoms with van der Waals surface area (Å²) < 4.78 is 19.5. The summed E-state index contributed by atoms with van der Waals surface area (Å²) in [6.45, 7) is 4.85. The van der Waals surface area contributed by atoms with Crippen LogP contribution >= 0.6 is 15.9 Å². The molecule has 0 saturated carbocycles. The molecular weight excluding hydrogens is 261 g/mol. The van der Waals surface area contributed by atoms with Crippen LogP contribution in [0.5, 0.6) is 5.75 Å². The van der Waals surface area contributed by atoms with Crippen LogP contribution in [-0.4, -0.2) is 12.1 Å². The molecule has 82 valence electrons. The van der Waals surface area contributed by atoms with Gasteiger partial charge in [-0.05, 0) is 35.8 Å². The molecule has 1 N–H and O–H groups in total. The number of ether oxygens (including phenoxy) is 1. The lowest BCUT2D eigenvalue weighted by atomic mass is 10.1. The predicted molar refractivity (Wildman–Crippen MR) is 61.9 cm³/mol. The third-order valence-electron chi connectivity index (χ3n) is 2.45. The Morgan fingerprint density at radius 1 is 1.47 bits per heavy atom. The Balaban J connectivity index is 2.43. The lowest BCUT2D eigenvalue weighted by molar-refractivity contribution is 0.108. The lowest BCUT2D eigenvalue weighted by Crippen LogP contribution is -2.28. The number of halogens is 2. The van der Waals surface area contributed by atoms with Crippen molar-refractivity contribution in [2.24, 2.45) is 0 Å². The van der Waals surface area contributed by atoms with E-state index in [0.717, 1.165) is 18.7 Å². The quantitative estimate of drug-likeness (QED) is 0.781. The summed E-state index contributed by atoms with van der Waals surface area (Å²) in [4.78, 5) is 0. The SMILES string of the molecule is CC1(C)CCNc2cc(F)c(Br)cc2O1. The van der Waals surface area contributed by atoms with Crippen LogP contribution in [0.2, 0.25) is 0 Å². The van der Waals surface area contributed by atoms with Crippen molar-refractivity contribution in [1.82, 2.24) is 0 Å². The molecule has 1 aliphatic rings. The molecular formula is C11H13BrFNO. The van der Waals surface area contributed by atoms with E-state index >= 15 is 0 Å². The van der Waals surface area contributed by atoms with Crippen molar-refractivity contribution >= 4 is 21.6 Å². The van der Waals surface area contributed by atoms with E-state index in [2.05, 4.69) is 21.2 Å². The zero-order chi connectivity index (χ0) is 11.1. The van der Waals surface area contributed by atoms with Gasteiger partial charge in [0.15, 0.2) is 0 Å². The van der Waals surface area contributed by atoms with Crippen LogP contribution in [0.15, 0.2) is 16.6 Å². The average Bonchev–Trinajstić information content (AvgIpc) is 2.24. The van der Waals surface area contributed by atoms with Gasteiger partial charge in [0.1, 0.15) is 17.2 Å². The van der Waals surface area contributed by atoms with Crippen LogP contribution in [0.4, 0.5) is 10.1 Å². The number of anilines is 1. The molecule has 0 bridgehead atoms. The second-order valence-corrected chi connectivity index (χ2v) is 5.16. The van der Waals surface area contributed by atoms with E-state index < -0.39 is 0 Å². The highest BCUT2D eigenvalue weighted by molar-refractivity contribution is 9.10. The molecule has 0 unspecified atom stereocenters. The zero-order valence-corrected chi connectivity index (χ0v) is 10.3. The zero-order valence-electron chi connectivity index (χ0n) is 8.73.